The van der Waals surface area contributed by atoms with Crippen LogP contribution in [-0.4, -0.2) is 22.1 Å². The summed E-state index contributed by atoms with van der Waals surface area (Å²) in [5.41, 5.74) is 11.1. The molecule has 0 saturated heterocycles. The predicted octanol–water partition coefficient (Wildman–Crippen LogP) is -0.0396. The highest BCUT2D eigenvalue weighted by Gasteiger charge is 2.25. The summed E-state index contributed by atoms with van der Waals surface area (Å²) in [6.45, 7) is 0. The molecular weight excluding hydrogens is 166 g/mol. The van der Waals surface area contributed by atoms with E-state index in [0.717, 1.165) is 18.7 Å². The lowest BCUT2D eigenvalue weighted by atomic mass is 9.88. The van der Waals surface area contributed by atoms with Crippen molar-refractivity contribution in [1.29, 1.82) is 0 Å². The Hall–Kier alpha value is -1.36. The van der Waals surface area contributed by atoms with E-state index in [9.17, 15) is 0 Å². The van der Waals surface area contributed by atoms with Gasteiger partial charge in [0.2, 0.25) is 5.95 Å². The zero-order chi connectivity index (χ0) is 9.26. The van der Waals surface area contributed by atoms with E-state index < -0.39 is 0 Å². The van der Waals surface area contributed by atoms with Crippen molar-refractivity contribution in [3.8, 4) is 0 Å². The van der Waals surface area contributed by atoms with Gasteiger partial charge < -0.3 is 16.8 Å². The van der Waals surface area contributed by atoms with Crippen LogP contribution in [0, 0.1) is 0 Å². The van der Waals surface area contributed by atoms with E-state index in [1.165, 1.54) is 0 Å². The van der Waals surface area contributed by atoms with Gasteiger partial charge >= 0.3 is 0 Å². The maximum atomic E-state index is 5.65. The molecule has 0 aromatic carbocycles. The van der Waals surface area contributed by atoms with Gasteiger partial charge in [-0.15, -0.1) is 0 Å². The fraction of sp³-hybridized carbons (Fsp3) is 0.500. The standard InChI is InChI=1S/C8H13N5/c9-5-3-6(4-5)12-7-1-2-11-8(10)13-7/h1-2,5-6H,3-4,9H2,(H3,10,11,12,13)/t5-,6-. The highest BCUT2D eigenvalue weighted by atomic mass is 15.1. The summed E-state index contributed by atoms with van der Waals surface area (Å²) < 4.78 is 0. The number of nitrogens with two attached hydrogens (primary N) is 2. The number of hydrogen-bond donors (Lipinski definition) is 3. The first-order valence-corrected chi connectivity index (χ1v) is 4.34. The molecule has 1 aromatic heterocycles. The van der Waals surface area contributed by atoms with E-state index in [4.69, 9.17) is 11.5 Å². The maximum Gasteiger partial charge on any atom is 0.221 e. The molecule has 2 rings (SSSR count). The van der Waals surface area contributed by atoms with Crippen LogP contribution in [0.3, 0.4) is 0 Å². The monoisotopic (exact) mass is 179 g/mol. The van der Waals surface area contributed by atoms with Crippen molar-refractivity contribution in [1.82, 2.24) is 9.97 Å². The lowest BCUT2D eigenvalue weighted by molar-refractivity contribution is 0.373. The topological polar surface area (TPSA) is 89.8 Å². The minimum Gasteiger partial charge on any atom is -0.368 e. The second kappa shape index (κ2) is 3.18. The molecule has 13 heavy (non-hydrogen) atoms. The second-order valence-electron chi connectivity index (χ2n) is 3.37. The highest BCUT2D eigenvalue weighted by Crippen LogP contribution is 2.21. The minimum absolute atomic E-state index is 0.300. The number of nitrogens with one attached hydrogen (secondary N) is 1. The number of rotatable bonds is 2. The lowest BCUT2D eigenvalue weighted by Crippen LogP contribution is -2.44. The zero-order valence-corrected chi connectivity index (χ0v) is 7.27. The number of nitrogens with zero attached hydrogens (tertiary/aromatic N) is 2. The summed E-state index contributed by atoms with van der Waals surface area (Å²) in [5.74, 6) is 1.08. The summed E-state index contributed by atoms with van der Waals surface area (Å²) >= 11 is 0. The lowest BCUT2D eigenvalue weighted by Gasteiger charge is -2.33. The van der Waals surface area contributed by atoms with Gasteiger partial charge in [0, 0.05) is 18.3 Å². The van der Waals surface area contributed by atoms with Gasteiger partial charge in [-0.25, -0.2) is 4.98 Å². The Morgan fingerprint density at radius 1 is 1.46 bits per heavy atom. The molecule has 0 unspecified atom stereocenters. The van der Waals surface area contributed by atoms with E-state index in [2.05, 4.69) is 15.3 Å². The average molecular weight is 179 g/mol. The van der Waals surface area contributed by atoms with Gasteiger partial charge in [-0.1, -0.05) is 0 Å². The summed E-state index contributed by atoms with van der Waals surface area (Å²) in [5, 5.41) is 3.24. The van der Waals surface area contributed by atoms with Crippen molar-refractivity contribution in [2.24, 2.45) is 5.73 Å². The number of nitrogen functional groups attached to an aromatic ring is 1. The van der Waals surface area contributed by atoms with Gasteiger partial charge in [0.05, 0.1) is 0 Å². The molecule has 1 saturated carbocycles. The molecule has 1 heterocycles. The minimum atomic E-state index is 0.300. The van der Waals surface area contributed by atoms with Crippen LogP contribution in [0.4, 0.5) is 11.8 Å². The Bertz CT molecular complexity index is 294. The molecule has 0 amide bonds. The first-order valence-electron chi connectivity index (χ1n) is 4.34. The molecule has 0 atom stereocenters. The SMILES string of the molecule is Nc1nccc(N[C@H]2C[C@H](N)C2)n1. The number of anilines is 2. The Morgan fingerprint density at radius 2 is 2.23 bits per heavy atom. The third-order valence-corrected chi connectivity index (χ3v) is 2.20. The highest BCUT2D eigenvalue weighted by molar-refractivity contribution is 5.39. The molecule has 0 radical (unpaired) electrons. The van der Waals surface area contributed by atoms with E-state index in [1.807, 2.05) is 0 Å². The van der Waals surface area contributed by atoms with Crippen LogP contribution in [0.2, 0.25) is 0 Å². The van der Waals surface area contributed by atoms with Crippen molar-refractivity contribution in [2.45, 2.75) is 24.9 Å². The normalized spacial score (nSPS) is 26.5. The van der Waals surface area contributed by atoms with E-state index in [-0.39, 0.29) is 0 Å². The van der Waals surface area contributed by atoms with Crippen LogP contribution in [0.1, 0.15) is 12.8 Å². The Balaban J connectivity index is 1.94. The van der Waals surface area contributed by atoms with Crippen LogP contribution >= 0.6 is 0 Å². The Kier molecular flexibility index (Phi) is 2.02. The largest absolute Gasteiger partial charge is 0.368 e. The number of hydrogen-bond acceptors (Lipinski definition) is 5. The van der Waals surface area contributed by atoms with Crippen molar-refractivity contribution in [2.75, 3.05) is 11.1 Å². The fourth-order valence-electron chi connectivity index (χ4n) is 1.44. The molecule has 1 fully saturated rings. The van der Waals surface area contributed by atoms with Gasteiger partial charge in [0.25, 0.3) is 0 Å². The van der Waals surface area contributed by atoms with E-state index in [1.54, 1.807) is 12.3 Å². The number of aromatic nitrogens is 2. The molecule has 0 bridgehead atoms. The Morgan fingerprint density at radius 3 is 2.85 bits per heavy atom. The molecule has 70 valence electrons. The third kappa shape index (κ3) is 1.86. The third-order valence-electron chi connectivity index (χ3n) is 2.20. The van der Waals surface area contributed by atoms with Crippen LogP contribution in [0.15, 0.2) is 12.3 Å². The van der Waals surface area contributed by atoms with Crippen molar-refractivity contribution >= 4 is 11.8 Å². The second-order valence-corrected chi connectivity index (χ2v) is 3.37. The van der Waals surface area contributed by atoms with Crippen molar-refractivity contribution < 1.29 is 0 Å². The molecule has 5 N–H and O–H groups in total. The maximum absolute atomic E-state index is 5.65. The van der Waals surface area contributed by atoms with Gasteiger partial charge in [-0.3, -0.25) is 0 Å². The molecule has 1 aliphatic rings. The molecule has 5 heteroatoms. The van der Waals surface area contributed by atoms with Crippen LogP contribution in [0.5, 0.6) is 0 Å². The molecule has 0 aliphatic heterocycles. The van der Waals surface area contributed by atoms with Crippen molar-refractivity contribution in [3.05, 3.63) is 12.3 Å². The molecular formula is C8H13N5. The smallest absolute Gasteiger partial charge is 0.221 e. The molecule has 1 aliphatic carbocycles. The van der Waals surface area contributed by atoms with Crippen LogP contribution in [-0.2, 0) is 0 Å². The summed E-state index contributed by atoms with van der Waals surface area (Å²) in [7, 11) is 0. The van der Waals surface area contributed by atoms with Gasteiger partial charge in [-0.05, 0) is 18.9 Å². The van der Waals surface area contributed by atoms with Gasteiger partial charge in [0.1, 0.15) is 5.82 Å². The molecule has 1 aromatic rings. The predicted molar refractivity (Wildman–Crippen MR) is 51.1 cm³/mol. The first-order chi connectivity index (χ1) is 6.24. The van der Waals surface area contributed by atoms with Gasteiger partial charge in [-0.2, -0.15) is 4.98 Å². The first kappa shape index (κ1) is 8.25. The average Bonchev–Trinajstić information content (AvgIpc) is 2.01. The summed E-state index contributed by atoms with van der Waals surface area (Å²) in [6, 6.07) is 2.60. The summed E-state index contributed by atoms with van der Waals surface area (Å²) in [4.78, 5) is 7.84. The Labute approximate surface area is 76.6 Å². The quantitative estimate of drug-likeness (QED) is 0.592. The van der Waals surface area contributed by atoms with Crippen LogP contribution < -0.4 is 16.8 Å². The van der Waals surface area contributed by atoms with E-state index >= 15 is 0 Å². The summed E-state index contributed by atoms with van der Waals surface area (Å²) in [6.07, 6.45) is 3.65. The van der Waals surface area contributed by atoms with Crippen LogP contribution in [0.25, 0.3) is 0 Å². The molecule has 5 nitrogen and oxygen atoms in total. The van der Waals surface area contributed by atoms with Gasteiger partial charge in [0.15, 0.2) is 0 Å². The van der Waals surface area contributed by atoms with Crippen molar-refractivity contribution in [3.63, 3.8) is 0 Å². The fourth-order valence-corrected chi connectivity index (χ4v) is 1.44. The zero-order valence-electron chi connectivity index (χ0n) is 7.27. The molecule has 0 spiro atoms. The van der Waals surface area contributed by atoms with E-state index in [0.29, 0.717) is 18.0 Å².